The third-order valence-corrected chi connectivity index (χ3v) is 4.44. The Morgan fingerprint density at radius 2 is 2.04 bits per heavy atom. The van der Waals surface area contributed by atoms with Crippen LogP contribution < -0.4 is 5.56 Å². The number of ether oxygens (including phenoxy) is 1. The Morgan fingerprint density at radius 3 is 2.70 bits per heavy atom. The number of nitrogens with zero attached hydrogens (tertiary/aromatic N) is 1. The first-order valence-corrected chi connectivity index (χ1v) is 7.79. The number of aromatic amines is 1. The lowest BCUT2D eigenvalue weighted by Gasteiger charge is -2.05. The highest BCUT2D eigenvalue weighted by Crippen LogP contribution is 2.32. The lowest BCUT2D eigenvalue weighted by molar-refractivity contribution is 0.0527. The standard InChI is InChI=1S/C16H13FN2O3S/c1-3-22-16(21)11-8(2)18-14(20)12-13(11)23-15(19-12)9-4-6-10(17)7-5-9/h4-7H,3H2,1-2H3,(H,18,20). The molecule has 0 saturated heterocycles. The Kier molecular flexibility index (Phi) is 3.96. The number of carbonyl (C=O) groups excluding carboxylic acids is 1. The van der Waals surface area contributed by atoms with E-state index in [4.69, 9.17) is 4.74 Å². The van der Waals surface area contributed by atoms with Gasteiger partial charge >= 0.3 is 5.97 Å². The quantitative estimate of drug-likeness (QED) is 0.747. The van der Waals surface area contributed by atoms with Crippen molar-refractivity contribution in [3.05, 3.63) is 51.7 Å². The van der Waals surface area contributed by atoms with E-state index < -0.39 is 5.97 Å². The summed E-state index contributed by atoms with van der Waals surface area (Å²) in [5.74, 6) is -0.851. The van der Waals surface area contributed by atoms with Crippen molar-refractivity contribution in [2.24, 2.45) is 0 Å². The lowest BCUT2D eigenvalue weighted by atomic mass is 10.2. The zero-order chi connectivity index (χ0) is 16.6. The lowest BCUT2D eigenvalue weighted by Crippen LogP contribution is -2.15. The summed E-state index contributed by atoms with van der Waals surface area (Å²) in [5.41, 5.74) is 1.25. The third kappa shape index (κ3) is 2.75. The Morgan fingerprint density at radius 1 is 1.35 bits per heavy atom. The van der Waals surface area contributed by atoms with E-state index in [0.717, 1.165) is 0 Å². The highest BCUT2D eigenvalue weighted by atomic mass is 32.1. The Labute approximate surface area is 134 Å². The third-order valence-electron chi connectivity index (χ3n) is 3.32. The fourth-order valence-electron chi connectivity index (χ4n) is 2.27. The number of aryl methyl sites for hydroxylation is 1. The van der Waals surface area contributed by atoms with Crippen molar-refractivity contribution in [3.8, 4) is 10.6 Å². The number of thiazole rings is 1. The van der Waals surface area contributed by atoms with Gasteiger partial charge in [-0.1, -0.05) is 0 Å². The molecular formula is C16H13FN2O3S. The van der Waals surface area contributed by atoms with Crippen LogP contribution in [0.25, 0.3) is 20.8 Å². The molecule has 0 aliphatic heterocycles. The molecule has 0 fully saturated rings. The maximum absolute atomic E-state index is 13.0. The van der Waals surface area contributed by atoms with Gasteiger partial charge in [0.15, 0.2) is 0 Å². The maximum atomic E-state index is 13.0. The number of rotatable bonds is 3. The van der Waals surface area contributed by atoms with Gasteiger partial charge in [0.1, 0.15) is 16.3 Å². The van der Waals surface area contributed by atoms with Crippen LogP contribution in [0.4, 0.5) is 4.39 Å². The summed E-state index contributed by atoms with van der Waals surface area (Å²) in [5, 5.41) is 0.543. The molecule has 0 aliphatic carbocycles. The molecule has 2 aromatic heterocycles. The molecule has 1 N–H and O–H groups in total. The minimum absolute atomic E-state index is 0.183. The normalized spacial score (nSPS) is 10.9. The van der Waals surface area contributed by atoms with Gasteiger partial charge in [-0.25, -0.2) is 14.2 Å². The van der Waals surface area contributed by atoms with Crippen molar-refractivity contribution in [1.82, 2.24) is 9.97 Å². The van der Waals surface area contributed by atoms with E-state index >= 15 is 0 Å². The van der Waals surface area contributed by atoms with Gasteiger partial charge in [-0.3, -0.25) is 4.79 Å². The Bertz CT molecular complexity index is 944. The second-order valence-electron chi connectivity index (χ2n) is 4.88. The molecule has 2 heterocycles. The molecule has 0 radical (unpaired) electrons. The van der Waals surface area contributed by atoms with E-state index in [1.54, 1.807) is 26.0 Å². The van der Waals surface area contributed by atoms with Crippen molar-refractivity contribution in [2.75, 3.05) is 6.61 Å². The largest absolute Gasteiger partial charge is 0.462 e. The van der Waals surface area contributed by atoms with Crippen LogP contribution in [-0.2, 0) is 4.74 Å². The molecular weight excluding hydrogens is 319 g/mol. The van der Waals surface area contributed by atoms with E-state index in [2.05, 4.69) is 9.97 Å². The minimum atomic E-state index is -0.499. The van der Waals surface area contributed by atoms with E-state index in [-0.39, 0.29) is 23.5 Å². The van der Waals surface area contributed by atoms with Crippen molar-refractivity contribution < 1.29 is 13.9 Å². The number of benzene rings is 1. The summed E-state index contributed by atoms with van der Waals surface area (Å²) < 4.78 is 18.6. The first-order valence-electron chi connectivity index (χ1n) is 6.97. The van der Waals surface area contributed by atoms with E-state index in [9.17, 15) is 14.0 Å². The van der Waals surface area contributed by atoms with Gasteiger partial charge in [-0.05, 0) is 38.1 Å². The fraction of sp³-hybridized carbons (Fsp3) is 0.188. The Hall–Kier alpha value is -2.54. The van der Waals surface area contributed by atoms with Crippen LogP contribution in [0, 0.1) is 12.7 Å². The van der Waals surface area contributed by atoms with Crippen LogP contribution in [0.1, 0.15) is 23.0 Å². The predicted molar refractivity (Wildman–Crippen MR) is 86.3 cm³/mol. The molecule has 0 bridgehead atoms. The van der Waals surface area contributed by atoms with Crippen LogP contribution in [0.3, 0.4) is 0 Å². The number of fused-ring (bicyclic) bond motifs is 1. The van der Waals surface area contributed by atoms with Gasteiger partial charge in [0.05, 0.1) is 16.9 Å². The smallest absolute Gasteiger partial charge is 0.341 e. The summed E-state index contributed by atoms with van der Waals surface area (Å²) in [6, 6.07) is 5.81. The second kappa shape index (κ2) is 5.92. The number of aromatic nitrogens is 2. The van der Waals surface area contributed by atoms with Crippen LogP contribution in [0.15, 0.2) is 29.1 Å². The zero-order valence-corrected chi connectivity index (χ0v) is 13.3. The van der Waals surface area contributed by atoms with Gasteiger partial charge in [0.25, 0.3) is 5.56 Å². The van der Waals surface area contributed by atoms with Crippen LogP contribution >= 0.6 is 11.3 Å². The summed E-state index contributed by atoms with van der Waals surface area (Å²) in [6.07, 6.45) is 0. The topological polar surface area (TPSA) is 72.1 Å². The number of esters is 1. The first kappa shape index (κ1) is 15.4. The summed E-state index contributed by atoms with van der Waals surface area (Å²) in [4.78, 5) is 31.2. The molecule has 0 spiro atoms. The van der Waals surface area contributed by atoms with E-state index in [0.29, 0.717) is 26.5 Å². The fourth-order valence-corrected chi connectivity index (χ4v) is 3.43. The molecule has 0 unspecified atom stereocenters. The number of H-pyrrole nitrogens is 1. The van der Waals surface area contributed by atoms with Crippen LogP contribution in [0.5, 0.6) is 0 Å². The summed E-state index contributed by atoms with van der Waals surface area (Å²) in [6.45, 7) is 3.60. The number of hydrogen-bond donors (Lipinski definition) is 1. The number of carbonyl (C=O) groups is 1. The molecule has 3 aromatic rings. The number of halogens is 1. The summed E-state index contributed by atoms with van der Waals surface area (Å²) in [7, 11) is 0. The molecule has 5 nitrogen and oxygen atoms in total. The molecule has 1 aromatic carbocycles. The van der Waals surface area contributed by atoms with Gasteiger partial charge in [0.2, 0.25) is 0 Å². The van der Waals surface area contributed by atoms with Crippen molar-refractivity contribution in [2.45, 2.75) is 13.8 Å². The second-order valence-corrected chi connectivity index (χ2v) is 5.88. The van der Waals surface area contributed by atoms with Crippen molar-refractivity contribution in [1.29, 1.82) is 0 Å². The summed E-state index contributed by atoms with van der Waals surface area (Å²) >= 11 is 1.21. The molecule has 23 heavy (non-hydrogen) atoms. The van der Waals surface area contributed by atoms with Crippen LogP contribution in [0.2, 0.25) is 0 Å². The van der Waals surface area contributed by atoms with Gasteiger partial charge in [0, 0.05) is 11.3 Å². The zero-order valence-electron chi connectivity index (χ0n) is 12.5. The first-order chi connectivity index (χ1) is 11.0. The molecule has 0 atom stereocenters. The average Bonchev–Trinajstić information content (AvgIpc) is 2.93. The molecule has 0 amide bonds. The predicted octanol–water partition coefficient (Wildman–Crippen LogP) is 3.28. The van der Waals surface area contributed by atoms with E-state index in [1.807, 2.05) is 0 Å². The van der Waals surface area contributed by atoms with E-state index in [1.165, 1.54) is 23.5 Å². The molecule has 0 saturated carbocycles. The molecule has 3 rings (SSSR count). The highest BCUT2D eigenvalue weighted by Gasteiger charge is 2.21. The number of pyridine rings is 1. The van der Waals surface area contributed by atoms with Crippen LogP contribution in [-0.4, -0.2) is 22.5 Å². The van der Waals surface area contributed by atoms with Crippen molar-refractivity contribution in [3.63, 3.8) is 0 Å². The molecule has 118 valence electrons. The minimum Gasteiger partial charge on any atom is -0.462 e. The van der Waals surface area contributed by atoms with Crippen molar-refractivity contribution >= 4 is 27.5 Å². The van der Waals surface area contributed by atoms with Gasteiger partial charge in [-0.2, -0.15) is 0 Å². The highest BCUT2D eigenvalue weighted by molar-refractivity contribution is 7.22. The molecule has 7 heteroatoms. The maximum Gasteiger partial charge on any atom is 0.341 e. The van der Waals surface area contributed by atoms with Gasteiger partial charge < -0.3 is 9.72 Å². The SMILES string of the molecule is CCOC(=O)c1c(C)[nH]c(=O)c2nc(-c3ccc(F)cc3)sc12. The Balaban J connectivity index is 2.24. The average molecular weight is 332 g/mol. The molecule has 0 aliphatic rings. The monoisotopic (exact) mass is 332 g/mol. The number of hydrogen-bond acceptors (Lipinski definition) is 5. The number of nitrogens with one attached hydrogen (secondary N) is 1. The van der Waals surface area contributed by atoms with Gasteiger partial charge in [-0.15, -0.1) is 11.3 Å².